The van der Waals surface area contributed by atoms with E-state index in [0.29, 0.717) is 12.3 Å². The molecule has 0 aliphatic carbocycles. The van der Waals surface area contributed by atoms with E-state index in [-0.39, 0.29) is 18.4 Å². The molecule has 0 bridgehead atoms. The molecule has 0 heterocycles. The third kappa shape index (κ3) is 6.24. The van der Waals surface area contributed by atoms with Crippen molar-refractivity contribution >= 4 is 12.0 Å². The van der Waals surface area contributed by atoms with Gasteiger partial charge in [-0.05, 0) is 12.3 Å². The van der Waals surface area contributed by atoms with Gasteiger partial charge in [-0.15, -0.1) is 0 Å². The number of carbonyl (C=O) groups excluding carboxylic acids is 1. The summed E-state index contributed by atoms with van der Waals surface area (Å²) in [6.45, 7) is 3.91. The highest BCUT2D eigenvalue weighted by Crippen LogP contribution is 2.07. The predicted molar refractivity (Wildman–Crippen MR) is 51.4 cm³/mol. The fourth-order valence-corrected chi connectivity index (χ4v) is 1.22. The van der Waals surface area contributed by atoms with E-state index in [1.54, 1.807) is 0 Å². The quantitative estimate of drug-likeness (QED) is 0.288. The topological polar surface area (TPSA) is 104 Å². The van der Waals surface area contributed by atoms with E-state index in [1.807, 2.05) is 19.3 Å². The molecule has 0 radical (unpaired) electrons. The number of carboxylic acid groups (broad SMARTS) is 1. The van der Waals surface area contributed by atoms with Gasteiger partial charge in [-0.1, -0.05) is 13.8 Å². The third-order valence-electron chi connectivity index (χ3n) is 1.68. The van der Waals surface area contributed by atoms with Gasteiger partial charge in [-0.3, -0.25) is 10.2 Å². The third-order valence-corrected chi connectivity index (χ3v) is 1.68. The minimum Gasteiger partial charge on any atom is -0.465 e. The summed E-state index contributed by atoms with van der Waals surface area (Å²) in [5.74, 6) is 4.85. The van der Waals surface area contributed by atoms with Crippen LogP contribution in [0.4, 0.5) is 4.79 Å². The Morgan fingerprint density at radius 2 is 2.00 bits per heavy atom. The van der Waals surface area contributed by atoms with Crippen molar-refractivity contribution in [3.05, 3.63) is 0 Å². The van der Waals surface area contributed by atoms with E-state index in [1.165, 1.54) is 0 Å². The lowest BCUT2D eigenvalue weighted by atomic mass is 10.0. The van der Waals surface area contributed by atoms with Gasteiger partial charge in [0, 0.05) is 12.5 Å². The first kappa shape index (κ1) is 12.7. The Morgan fingerprint density at radius 1 is 1.43 bits per heavy atom. The minimum atomic E-state index is -1.12. The second-order valence-corrected chi connectivity index (χ2v) is 3.55. The van der Waals surface area contributed by atoms with Crippen LogP contribution in [0.3, 0.4) is 0 Å². The zero-order chi connectivity index (χ0) is 11.1. The maximum Gasteiger partial charge on any atom is 0.404 e. The van der Waals surface area contributed by atoms with Crippen molar-refractivity contribution < 1.29 is 14.7 Å². The normalized spacial score (nSPS) is 12.3. The van der Waals surface area contributed by atoms with Crippen LogP contribution < -0.4 is 16.6 Å². The van der Waals surface area contributed by atoms with Gasteiger partial charge in [0.2, 0.25) is 5.91 Å². The van der Waals surface area contributed by atoms with Crippen molar-refractivity contribution in [2.45, 2.75) is 32.7 Å². The molecule has 0 unspecified atom stereocenters. The van der Waals surface area contributed by atoms with Gasteiger partial charge in [0.1, 0.15) is 0 Å². The number of hydrogen-bond donors (Lipinski definition) is 4. The summed E-state index contributed by atoms with van der Waals surface area (Å²) in [4.78, 5) is 21.3. The van der Waals surface area contributed by atoms with E-state index in [2.05, 4.69) is 5.32 Å². The zero-order valence-corrected chi connectivity index (χ0v) is 8.41. The van der Waals surface area contributed by atoms with Crippen molar-refractivity contribution in [2.75, 3.05) is 0 Å². The number of nitrogens with one attached hydrogen (secondary N) is 2. The molecule has 0 saturated carbocycles. The molecule has 6 nitrogen and oxygen atoms in total. The van der Waals surface area contributed by atoms with Gasteiger partial charge in [0.15, 0.2) is 0 Å². The van der Waals surface area contributed by atoms with Crippen LogP contribution in [0.1, 0.15) is 26.7 Å². The molecule has 0 aromatic carbocycles. The number of hydrogen-bond acceptors (Lipinski definition) is 3. The Labute approximate surface area is 82.8 Å². The Bertz CT molecular complexity index is 206. The SMILES string of the molecule is CC(C)C[C@@H](CC(=O)NN)NC(=O)O. The summed E-state index contributed by atoms with van der Waals surface area (Å²) in [5, 5.41) is 10.8. The molecule has 0 spiro atoms. The second kappa shape index (κ2) is 6.20. The maximum absolute atomic E-state index is 10.9. The Hall–Kier alpha value is -1.30. The van der Waals surface area contributed by atoms with Crippen molar-refractivity contribution in [1.29, 1.82) is 0 Å². The van der Waals surface area contributed by atoms with E-state index in [9.17, 15) is 9.59 Å². The van der Waals surface area contributed by atoms with Gasteiger partial charge in [0.05, 0.1) is 0 Å². The maximum atomic E-state index is 10.9. The monoisotopic (exact) mass is 203 g/mol. The summed E-state index contributed by atoms with van der Waals surface area (Å²) >= 11 is 0. The van der Waals surface area contributed by atoms with E-state index >= 15 is 0 Å². The summed E-state index contributed by atoms with van der Waals surface area (Å²) in [7, 11) is 0. The van der Waals surface area contributed by atoms with Crippen LogP contribution >= 0.6 is 0 Å². The van der Waals surface area contributed by atoms with Gasteiger partial charge >= 0.3 is 6.09 Å². The lowest BCUT2D eigenvalue weighted by Gasteiger charge is -2.17. The highest BCUT2D eigenvalue weighted by molar-refractivity contribution is 5.76. The summed E-state index contributed by atoms with van der Waals surface area (Å²) in [6.07, 6.45) is -0.443. The first-order chi connectivity index (χ1) is 6.45. The van der Waals surface area contributed by atoms with Crippen LogP contribution in [0, 0.1) is 5.92 Å². The average molecular weight is 203 g/mol. The molecule has 0 fully saturated rings. The van der Waals surface area contributed by atoms with E-state index < -0.39 is 6.09 Å². The molecule has 0 aromatic heterocycles. The predicted octanol–water partition coefficient (Wildman–Crippen LogP) is 0.0487. The van der Waals surface area contributed by atoms with Crippen LogP contribution in [-0.2, 0) is 4.79 Å². The minimum absolute atomic E-state index is 0.0704. The Morgan fingerprint density at radius 3 is 2.36 bits per heavy atom. The Balaban J connectivity index is 4.09. The first-order valence-corrected chi connectivity index (χ1v) is 4.44. The average Bonchev–Trinajstić information content (AvgIpc) is 2.01. The highest BCUT2D eigenvalue weighted by atomic mass is 16.4. The van der Waals surface area contributed by atoms with E-state index in [4.69, 9.17) is 10.9 Å². The number of nitrogens with two attached hydrogens (primary N) is 1. The fourth-order valence-electron chi connectivity index (χ4n) is 1.22. The van der Waals surface area contributed by atoms with Crippen LogP contribution in [-0.4, -0.2) is 23.1 Å². The summed E-state index contributed by atoms with van der Waals surface area (Å²) < 4.78 is 0. The fraction of sp³-hybridized carbons (Fsp3) is 0.750. The smallest absolute Gasteiger partial charge is 0.404 e. The van der Waals surface area contributed by atoms with Crippen LogP contribution in [0.5, 0.6) is 0 Å². The van der Waals surface area contributed by atoms with Crippen LogP contribution in [0.2, 0.25) is 0 Å². The molecule has 82 valence electrons. The summed E-state index contributed by atoms with van der Waals surface area (Å²) in [6, 6.07) is -0.379. The van der Waals surface area contributed by atoms with Gasteiger partial charge in [-0.25, -0.2) is 10.6 Å². The standard InChI is InChI=1S/C8H17N3O3/c1-5(2)3-6(10-8(13)14)4-7(12)11-9/h5-6,10H,3-4,9H2,1-2H3,(H,11,12)(H,13,14)/t6-/m0/s1. The number of rotatable bonds is 5. The number of hydrazine groups is 1. The van der Waals surface area contributed by atoms with Crippen molar-refractivity contribution in [1.82, 2.24) is 10.7 Å². The lowest BCUT2D eigenvalue weighted by molar-refractivity contribution is -0.121. The highest BCUT2D eigenvalue weighted by Gasteiger charge is 2.16. The molecule has 0 aromatic rings. The van der Waals surface area contributed by atoms with Gasteiger partial charge < -0.3 is 10.4 Å². The molecule has 2 amide bonds. The lowest BCUT2D eigenvalue weighted by Crippen LogP contribution is -2.41. The first-order valence-electron chi connectivity index (χ1n) is 4.44. The molecule has 0 aliphatic heterocycles. The van der Waals surface area contributed by atoms with Crippen molar-refractivity contribution in [2.24, 2.45) is 11.8 Å². The molecule has 0 aliphatic rings. The molecule has 5 N–H and O–H groups in total. The number of carbonyl (C=O) groups is 2. The van der Waals surface area contributed by atoms with E-state index in [0.717, 1.165) is 0 Å². The molecule has 0 rings (SSSR count). The Kier molecular flexibility index (Phi) is 5.62. The summed E-state index contributed by atoms with van der Waals surface area (Å²) in [5.41, 5.74) is 1.97. The molecule has 0 saturated heterocycles. The van der Waals surface area contributed by atoms with Gasteiger partial charge in [-0.2, -0.15) is 0 Å². The molecular weight excluding hydrogens is 186 g/mol. The zero-order valence-electron chi connectivity index (χ0n) is 8.41. The van der Waals surface area contributed by atoms with Crippen molar-refractivity contribution in [3.63, 3.8) is 0 Å². The second-order valence-electron chi connectivity index (χ2n) is 3.55. The number of amides is 2. The van der Waals surface area contributed by atoms with Gasteiger partial charge in [0.25, 0.3) is 0 Å². The van der Waals surface area contributed by atoms with Crippen LogP contribution in [0.15, 0.2) is 0 Å². The van der Waals surface area contributed by atoms with Crippen LogP contribution in [0.25, 0.3) is 0 Å². The molecule has 6 heteroatoms. The molecule has 1 atom stereocenters. The largest absolute Gasteiger partial charge is 0.465 e. The molecular formula is C8H17N3O3. The van der Waals surface area contributed by atoms with Crippen molar-refractivity contribution in [3.8, 4) is 0 Å². The molecule has 14 heavy (non-hydrogen) atoms.